The first-order valence-electron chi connectivity index (χ1n) is 6.25. The van der Waals surface area contributed by atoms with Crippen LogP contribution in [0.25, 0.3) is 0 Å². The van der Waals surface area contributed by atoms with Gasteiger partial charge in [-0.15, -0.1) is 0 Å². The molecule has 0 aliphatic carbocycles. The molecule has 2 rings (SSSR count). The molecule has 1 fully saturated rings. The summed E-state index contributed by atoms with van der Waals surface area (Å²) >= 11 is 6.62. The third-order valence-corrected chi connectivity index (χ3v) is 6.26. The van der Waals surface area contributed by atoms with Crippen LogP contribution in [0.2, 0.25) is 4.47 Å². The molecule has 2 heterocycles. The third kappa shape index (κ3) is 3.90. The second-order valence-corrected chi connectivity index (χ2v) is 8.78. The van der Waals surface area contributed by atoms with Gasteiger partial charge in [0.2, 0.25) is 0 Å². The number of hydrogen-bond acceptors (Lipinski definition) is 6. The smallest absolute Gasteiger partial charge is 0.251 e. The van der Waals surface area contributed by atoms with Gasteiger partial charge in [0.05, 0.1) is 19.4 Å². The molecule has 6 nitrogen and oxygen atoms in total. The predicted octanol–water partition coefficient (Wildman–Crippen LogP) is 1.19. The highest BCUT2D eigenvalue weighted by Gasteiger charge is 2.30. The lowest BCUT2D eigenvalue weighted by atomic mass is 10.0. The quantitative estimate of drug-likeness (QED) is 0.872. The molecule has 0 saturated carbocycles. The van der Waals surface area contributed by atoms with Crippen molar-refractivity contribution >= 4 is 33.0 Å². The van der Waals surface area contributed by atoms with E-state index in [2.05, 4.69) is 14.6 Å². The first-order valence-corrected chi connectivity index (χ1v) is 8.93. The number of thiazole rings is 1. The van der Waals surface area contributed by atoms with Gasteiger partial charge in [0.25, 0.3) is 10.0 Å². The third-order valence-electron chi connectivity index (χ3n) is 3.28. The lowest BCUT2D eigenvalue weighted by molar-refractivity contribution is -0.00803. The van der Waals surface area contributed by atoms with Crippen molar-refractivity contribution in [3.05, 3.63) is 10.7 Å². The summed E-state index contributed by atoms with van der Waals surface area (Å²) in [7, 11) is -3.55. The average Bonchev–Trinajstić information content (AvgIpc) is 2.85. The Hall–Kier alpha value is -0.250. The molecular weight excluding hydrogens is 322 g/mol. The van der Waals surface area contributed by atoms with Gasteiger partial charge in [-0.25, -0.2) is 18.1 Å². The molecule has 1 aromatic heterocycles. The van der Waals surface area contributed by atoms with Gasteiger partial charge in [-0.05, 0) is 13.8 Å². The Labute approximate surface area is 128 Å². The van der Waals surface area contributed by atoms with Crippen molar-refractivity contribution < 1.29 is 13.2 Å². The van der Waals surface area contributed by atoms with Crippen LogP contribution >= 0.6 is 22.9 Å². The van der Waals surface area contributed by atoms with Crippen LogP contribution in [-0.4, -0.2) is 56.7 Å². The van der Waals surface area contributed by atoms with Crippen LogP contribution in [0.3, 0.4) is 0 Å². The molecule has 0 atom stereocenters. The van der Waals surface area contributed by atoms with E-state index in [1.165, 1.54) is 6.20 Å². The molecule has 1 N–H and O–H groups in total. The highest BCUT2D eigenvalue weighted by molar-refractivity contribution is 7.91. The summed E-state index contributed by atoms with van der Waals surface area (Å²) in [6, 6.07) is 0. The molecule has 0 spiro atoms. The van der Waals surface area contributed by atoms with E-state index in [1.54, 1.807) is 0 Å². The Kier molecular flexibility index (Phi) is 5.04. The first kappa shape index (κ1) is 16.1. The number of rotatable bonds is 5. The molecule has 20 heavy (non-hydrogen) atoms. The van der Waals surface area contributed by atoms with E-state index in [-0.39, 0.29) is 14.2 Å². The van der Waals surface area contributed by atoms with Gasteiger partial charge in [-0.2, -0.15) is 0 Å². The van der Waals surface area contributed by atoms with Gasteiger partial charge < -0.3 is 4.74 Å². The summed E-state index contributed by atoms with van der Waals surface area (Å²) in [5.41, 5.74) is -0.272. The van der Waals surface area contributed by atoms with Crippen molar-refractivity contribution in [2.24, 2.45) is 0 Å². The topological polar surface area (TPSA) is 71.5 Å². The molecular formula is C11H18ClN3O3S2. The number of sulfonamides is 1. The Morgan fingerprint density at radius 1 is 1.50 bits per heavy atom. The number of nitrogens with zero attached hydrogens (tertiary/aromatic N) is 2. The normalized spacial score (nSPS) is 18.4. The molecule has 1 saturated heterocycles. The minimum absolute atomic E-state index is 0.139. The van der Waals surface area contributed by atoms with Crippen molar-refractivity contribution in [2.45, 2.75) is 23.6 Å². The summed E-state index contributed by atoms with van der Waals surface area (Å²) in [4.78, 5) is 5.98. The Balaban J connectivity index is 1.99. The number of morpholine rings is 1. The van der Waals surface area contributed by atoms with Crippen LogP contribution < -0.4 is 4.72 Å². The highest BCUT2D eigenvalue weighted by Crippen LogP contribution is 2.23. The average molecular weight is 340 g/mol. The summed E-state index contributed by atoms with van der Waals surface area (Å²) in [6.45, 7) is 7.33. The molecule has 0 unspecified atom stereocenters. The fourth-order valence-electron chi connectivity index (χ4n) is 1.99. The van der Waals surface area contributed by atoms with Gasteiger partial charge in [-0.1, -0.05) is 22.9 Å². The molecule has 1 aliphatic rings. The SMILES string of the molecule is CC(C)(CNS(=O)(=O)c1cnc(Cl)s1)N1CCOCC1. The van der Waals surface area contributed by atoms with Crippen LogP contribution in [0.15, 0.2) is 10.4 Å². The Morgan fingerprint density at radius 3 is 2.70 bits per heavy atom. The molecule has 0 amide bonds. The van der Waals surface area contributed by atoms with Crippen LogP contribution in [-0.2, 0) is 14.8 Å². The van der Waals surface area contributed by atoms with E-state index in [0.717, 1.165) is 24.4 Å². The molecule has 0 radical (unpaired) electrons. The fourth-order valence-corrected chi connectivity index (χ4v) is 4.53. The van der Waals surface area contributed by atoms with Crippen molar-refractivity contribution in [2.75, 3.05) is 32.8 Å². The van der Waals surface area contributed by atoms with Crippen molar-refractivity contribution in [3.8, 4) is 0 Å². The van der Waals surface area contributed by atoms with Crippen LogP contribution in [0.4, 0.5) is 0 Å². The number of halogens is 1. The molecule has 0 bridgehead atoms. The van der Waals surface area contributed by atoms with Gasteiger partial charge in [0, 0.05) is 25.2 Å². The highest BCUT2D eigenvalue weighted by atomic mass is 35.5. The molecule has 114 valence electrons. The summed E-state index contributed by atoms with van der Waals surface area (Å²) in [5, 5.41) is 0. The maximum atomic E-state index is 12.1. The van der Waals surface area contributed by atoms with E-state index in [9.17, 15) is 8.42 Å². The number of hydrogen-bond donors (Lipinski definition) is 1. The molecule has 0 aromatic carbocycles. The lowest BCUT2D eigenvalue weighted by Gasteiger charge is -2.40. The summed E-state index contributed by atoms with van der Waals surface area (Å²) < 4.78 is 32.6. The van der Waals surface area contributed by atoms with Crippen LogP contribution in [0, 0.1) is 0 Å². The van der Waals surface area contributed by atoms with E-state index < -0.39 is 10.0 Å². The molecule has 9 heteroatoms. The Bertz CT molecular complexity index is 553. The van der Waals surface area contributed by atoms with E-state index in [1.807, 2.05) is 13.8 Å². The van der Waals surface area contributed by atoms with E-state index in [4.69, 9.17) is 16.3 Å². The van der Waals surface area contributed by atoms with E-state index in [0.29, 0.717) is 19.8 Å². The molecule has 1 aromatic rings. The fraction of sp³-hybridized carbons (Fsp3) is 0.727. The van der Waals surface area contributed by atoms with Crippen molar-refractivity contribution in [1.82, 2.24) is 14.6 Å². The van der Waals surface area contributed by atoms with Crippen molar-refractivity contribution in [1.29, 1.82) is 0 Å². The summed E-state index contributed by atoms with van der Waals surface area (Å²) in [6.07, 6.45) is 1.27. The van der Waals surface area contributed by atoms with Crippen LogP contribution in [0.5, 0.6) is 0 Å². The van der Waals surface area contributed by atoms with Gasteiger partial charge in [0.15, 0.2) is 8.68 Å². The Morgan fingerprint density at radius 2 is 2.15 bits per heavy atom. The van der Waals surface area contributed by atoms with E-state index >= 15 is 0 Å². The molecule has 1 aliphatic heterocycles. The maximum Gasteiger partial charge on any atom is 0.251 e. The monoisotopic (exact) mass is 339 g/mol. The standard InChI is InChI=1S/C11H18ClN3O3S2/c1-11(2,15-3-5-18-6-4-15)8-14-20(16,17)9-7-13-10(12)19-9/h7,14H,3-6,8H2,1-2H3. The number of aromatic nitrogens is 1. The zero-order chi connectivity index (χ0) is 14.8. The van der Waals surface area contributed by atoms with Gasteiger partial charge in [0.1, 0.15) is 0 Å². The second-order valence-electron chi connectivity index (χ2n) is 5.17. The number of ether oxygens (including phenoxy) is 1. The van der Waals surface area contributed by atoms with Crippen LogP contribution in [0.1, 0.15) is 13.8 Å². The minimum atomic E-state index is -3.55. The van der Waals surface area contributed by atoms with Gasteiger partial charge in [-0.3, -0.25) is 4.90 Å². The predicted molar refractivity (Wildman–Crippen MR) is 78.8 cm³/mol. The van der Waals surface area contributed by atoms with Crippen molar-refractivity contribution in [3.63, 3.8) is 0 Å². The van der Waals surface area contributed by atoms with Gasteiger partial charge >= 0.3 is 0 Å². The lowest BCUT2D eigenvalue weighted by Crippen LogP contribution is -2.55. The second kappa shape index (κ2) is 6.25. The summed E-state index contributed by atoms with van der Waals surface area (Å²) in [5.74, 6) is 0. The first-order chi connectivity index (χ1) is 9.31. The zero-order valence-electron chi connectivity index (χ0n) is 11.4. The maximum absolute atomic E-state index is 12.1. The minimum Gasteiger partial charge on any atom is -0.379 e. The zero-order valence-corrected chi connectivity index (χ0v) is 13.8. The largest absolute Gasteiger partial charge is 0.379 e. The number of nitrogens with one attached hydrogen (secondary N) is 1.